The zero-order chi connectivity index (χ0) is 20.5. The van der Waals surface area contributed by atoms with E-state index in [1.165, 1.54) is 0 Å². The third-order valence-corrected chi connectivity index (χ3v) is 5.86. The van der Waals surface area contributed by atoms with E-state index in [1.807, 2.05) is 54.5 Å². The largest absolute Gasteiger partial charge is 0.497 e. The summed E-state index contributed by atoms with van der Waals surface area (Å²) in [5.41, 5.74) is 2.83. The molecular formula is C23H28N4O2. The Bertz CT molecular complexity index is 1010. The smallest absolute Gasteiger partial charge is 0.255 e. The van der Waals surface area contributed by atoms with E-state index in [9.17, 15) is 4.79 Å². The number of anilines is 2. The monoisotopic (exact) mass is 392 g/mol. The minimum absolute atomic E-state index is 0.100. The molecule has 3 heterocycles. The molecular weight excluding hydrogens is 364 g/mol. The predicted octanol–water partition coefficient (Wildman–Crippen LogP) is 3.49. The molecule has 152 valence electrons. The van der Waals surface area contributed by atoms with Crippen molar-refractivity contribution in [1.29, 1.82) is 0 Å². The minimum atomic E-state index is 0.100. The molecule has 4 rings (SSSR count). The van der Waals surface area contributed by atoms with E-state index in [1.54, 1.807) is 7.11 Å². The van der Waals surface area contributed by atoms with E-state index in [4.69, 9.17) is 4.74 Å². The third kappa shape index (κ3) is 3.68. The van der Waals surface area contributed by atoms with Crippen molar-refractivity contribution < 1.29 is 9.53 Å². The summed E-state index contributed by atoms with van der Waals surface area (Å²) in [6.07, 6.45) is 2.98. The zero-order valence-electron chi connectivity index (χ0n) is 17.5. The van der Waals surface area contributed by atoms with E-state index < -0.39 is 0 Å². The van der Waals surface area contributed by atoms with Gasteiger partial charge in [-0.3, -0.25) is 4.79 Å². The van der Waals surface area contributed by atoms with Gasteiger partial charge in [-0.25, -0.2) is 0 Å². The first-order valence-electron chi connectivity index (χ1n) is 9.92. The van der Waals surface area contributed by atoms with Crippen molar-refractivity contribution in [3.63, 3.8) is 0 Å². The maximum atomic E-state index is 13.1. The molecule has 0 bridgehead atoms. The third-order valence-electron chi connectivity index (χ3n) is 5.86. The van der Waals surface area contributed by atoms with Gasteiger partial charge in [0.2, 0.25) is 0 Å². The maximum absolute atomic E-state index is 13.1. The van der Waals surface area contributed by atoms with Crippen LogP contribution in [0.15, 0.2) is 54.7 Å². The van der Waals surface area contributed by atoms with Crippen LogP contribution >= 0.6 is 0 Å². The normalized spacial score (nSPS) is 16.6. The number of aromatic nitrogens is 1. The molecule has 29 heavy (non-hydrogen) atoms. The van der Waals surface area contributed by atoms with Crippen LogP contribution in [0.5, 0.6) is 5.75 Å². The summed E-state index contributed by atoms with van der Waals surface area (Å²) in [7, 11) is 7.84. The van der Waals surface area contributed by atoms with Gasteiger partial charge in [0.25, 0.3) is 5.91 Å². The Hall–Kier alpha value is -2.99. The van der Waals surface area contributed by atoms with Gasteiger partial charge in [0.05, 0.1) is 12.7 Å². The summed E-state index contributed by atoms with van der Waals surface area (Å²) < 4.78 is 7.33. The van der Waals surface area contributed by atoms with E-state index >= 15 is 0 Å². The number of amides is 1. The lowest BCUT2D eigenvalue weighted by atomic mass is 10.2. The number of likely N-dealkylation sites (N-methyl/N-ethyl adjacent to an activating group) is 1. The Labute approximate surface area is 171 Å². The van der Waals surface area contributed by atoms with E-state index in [0.29, 0.717) is 6.04 Å². The highest BCUT2D eigenvalue weighted by molar-refractivity contribution is 5.94. The van der Waals surface area contributed by atoms with Gasteiger partial charge in [-0.15, -0.1) is 0 Å². The molecule has 1 amide bonds. The van der Waals surface area contributed by atoms with Gasteiger partial charge in [0, 0.05) is 43.6 Å². The molecule has 2 aromatic heterocycles. The predicted molar refractivity (Wildman–Crippen MR) is 116 cm³/mol. The molecule has 1 aliphatic heterocycles. The first-order valence-corrected chi connectivity index (χ1v) is 9.92. The second-order valence-corrected chi connectivity index (χ2v) is 7.82. The van der Waals surface area contributed by atoms with Crippen molar-refractivity contribution in [3.05, 3.63) is 60.3 Å². The standard InChI is InChI=1S/C23H28N4O2/c1-24(2)20-13-14-26(16-20)23(28)17-5-6-19-9-12-22(27(19)15-17)25(3)18-7-10-21(29-4)11-8-18/h5-12,15,20H,13-14,16H2,1-4H3/t20-/m0/s1. The summed E-state index contributed by atoms with van der Waals surface area (Å²) in [6.45, 7) is 1.60. The van der Waals surface area contributed by atoms with Gasteiger partial charge in [0.15, 0.2) is 0 Å². The number of pyridine rings is 1. The molecule has 6 heteroatoms. The molecule has 0 spiro atoms. The summed E-state index contributed by atoms with van der Waals surface area (Å²) in [5.74, 6) is 1.94. The lowest BCUT2D eigenvalue weighted by molar-refractivity contribution is 0.0782. The number of fused-ring (bicyclic) bond motifs is 1. The lowest BCUT2D eigenvalue weighted by Gasteiger charge is -2.21. The first-order chi connectivity index (χ1) is 14.0. The number of hydrogen-bond acceptors (Lipinski definition) is 4. The van der Waals surface area contributed by atoms with Crippen molar-refractivity contribution >= 4 is 22.9 Å². The average Bonchev–Trinajstić information content (AvgIpc) is 3.40. The molecule has 1 aliphatic rings. The second kappa shape index (κ2) is 7.79. The number of hydrogen-bond donors (Lipinski definition) is 0. The number of nitrogens with zero attached hydrogens (tertiary/aromatic N) is 4. The van der Waals surface area contributed by atoms with Crippen LogP contribution in [-0.2, 0) is 0 Å². The van der Waals surface area contributed by atoms with E-state index in [0.717, 1.165) is 47.8 Å². The van der Waals surface area contributed by atoms with Gasteiger partial charge in [-0.05, 0) is 69.0 Å². The van der Waals surface area contributed by atoms with Gasteiger partial charge in [-0.2, -0.15) is 0 Å². The van der Waals surface area contributed by atoms with Crippen molar-refractivity contribution in [1.82, 2.24) is 14.2 Å². The Kier molecular flexibility index (Phi) is 5.20. The van der Waals surface area contributed by atoms with Crippen LogP contribution in [0, 0.1) is 0 Å². The van der Waals surface area contributed by atoms with Crippen molar-refractivity contribution in [2.75, 3.05) is 46.2 Å². The van der Waals surface area contributed by atoms with Gasteiger partial charge in [-0.1, -0.05) is 0 Å². The van der Waals surface area contributed by atoms with Crippen LogP contribution in [0.3, 0.4) is 0 Å². The van der Waals surface area contributed by atoms with Crippen LogP contribution in [0.25, 0.3) is 5.52 Å². The molecule has 3 aromatic rings. The Morgan fingerprint density at radius 1 is 1.03 bits per heavy atom. The summed E-state index contributed by atoms with van der Waals surface area (Å²) in [6, 6.07) is 16.5. The molecule has 1 fully saturated rings. The fourth-order valence-electron chi connectivity index (χ4n) is 3.95. The van der Waals surface area contributed by atoms with Crippen molar-refractivity contribution in [3.8, 4) is 5.75 Å². The Balaban J connectivity index is 1.61. The molecule has 0 unspecified atom stereocenters. The highest BCUT2D eigenvalue weighted by atomic mass is 16.5. The van der Waals surface area contributed by atoms with Crippen molar-refractivity contribution in [2.24, 2.45) is 0 Å². The number of ether oxygens (including phenoxy) is 1. The molecule has 0 radical (unpaired) electrons. The van der Waals surface area contributed by atoms with Crippen LogP contribution in [0.1, 0.15) is 16.8 Å². The highest BCUT2D eigenvalue weighted by Gasteiger charge is 2.28. The minimum Gasteiger partial charge on any atom is -0.497 e. The maximum Gasteiger partial charge on any atom is 0.255 e. The second-order valence-electron chi connectivity index (χ2n) is 7.82. The topological polar surface area (TPSA) is 40.4 Å². The van der Waals surface area contributed by atoms with Crippen molar-refractivity contribution in [2.45, 2.75) is 12.5 Å². The molecule has 0 saturated carbocycles. The summed E-state index contributed by atoms with van der Waals surface area (Å²) >= 11 is 0. The zero-order valence-corrected chi connectivity index (χ0v) is 17.5. The quantitative estimate of drug-likeness (QED) is 0.666. The SMILES string of the molecule is COc1ccc(N(C)c2ccc3ccc(C(=O)N4CC[C@H](N(C)C)C4)cn23)cc1. The molecule has 1 aromatic carbocycles. The molecule has 1 atom stereocenters. The number of rotatable bonds is 5. The number of methoxy groups -OCH3 is 1. The number of carbonyl (C=O) groups is 1. The van der Waals surface area contributed by atoms with Gasteiger partial charge >= 0.3 is 0 Å². The van der Waals surface area contributed by atoms with E-state index in [-0.39, 0.29) is 5.91 Å². The number of likely N-dealkylation sites (tertiary alicyclic amines) is 1. The summed E-state index contributed by atoms with van der Waals surface area (Å²) in [5, 5.41) is 0. The van der Waals surface area contributed by atoms with Crippen LogP contribution in [0.4, 0.5) is 11.5 Å². The van der Waals surface area contributed by atoms with Crippen LogP contribution < -0.4 is 9.64 Å². The van der Waals surface area contributed by atoms with Crippen LogP contribution in [-0.4, -0.2) is 67.5 Å². The van der Waals surface area contributed by atoms with Gasteiger partial charge < -0.3 is 23.8 Å². The lowest BCUT2D eigenvalue weighted by Crippen LogP contribution is -2.34. The molecule has 6 nitrogen and oxygen atoms in total. The fourth-order valence-corrected chi connectivity index (χ4v) is 3.95. The first kappa shape index (κ1) is 19.3. The highest BCUT2D eigenvalue weighted by Crippen LogP contribution is 2.28. The molecule has 0 N–H and O–H groups in total. The summed E-state index contributed by atoms with van der Waals surface area (Å²) in [4.78, 5) is 19.3. The Morgan fingerprint density at radius 3 is 2.41 bits per heavy atom. The van der Waals surface area contributed by atoms with E-state index in [2.05, 4.69) is 40.4 Å². The molecule has 0 aliphatic carbocycles. The number of benzene rings is 1. The van der Waals surface area contributed by atoms with Gasteiger partial charge in [0.1, 0.15) is 11.6 Å². The average molecular weight is 393 g/mol. The fraction of sp³-hybridized carbons (Fsp3) is 0.348. The Morgan fingerprint density at radius 2 is 1.76 bits per heavy atom. The molecule has 1 saturated heterocycles. The number of carbonyl (C=O) groups excluding carboxylic acids is 1. The van der Waals surface area contributed by atoms with Crippen LogP contribution in [0.2, 0.25) is 0 Å².